The van der Waals surface area contributed by atoms with E-state index in [1.807, 2.05) is 0 Å². The van der Waals surface area contributed by atoms with E-state index in [0.29, 0.717) is 10.9 Å². The molecule has 6 rings (SSSR count). The molecular weight excluding hydrogens is 536 g/mol. The fourth-order valence-corrected chi connectivity index (χ4v) is 6.04. The van der Waals surface area contributed by atoms with Crippen LogP contribution in [-0.2, 0) is 21.4 Å². The van der Waals surface area contributed by atoms with E-state index >= 15 is 0 Å². The third kappa shape index (κ3) is 3.27. The van der Waals surface area contributed by atoms with Gasteiger partial charge < -0.3 is 29.9 Å². The van der Waals surface area contributed by atoms with Gasteiger partial charge in [0.15, 0.2) is 23.1 Å². The van der Waals surface area contributed by atoms with Crippen molar-refractivity contribution in [1.29, 1.82) is 0 Å². The average molecular weight is 558 g/mol. The molecule has 0 radical (unpaired) electrons. The van der Waals surface area contributed by atoms with E-state index in [2.05, 4.69) is 10.1 Å². The number of aryl methyl sites for hydroxylation is 1. The third-order valence-corrected chi connectivity index (χ3v) is 7.72. The van der Waals surface area contributed by atoms with Crippen molar-refractivity contribution in [3.8, 4) is 17.2 Å². The summed E-state index contributed by atoms with van der Waals surface area (Å²) in [4.78, 5) is 74.5. The van der Waals surface area contributed by atoms with Crippen LogP contribution in [0.4, 0.5) is 0 Å². The number of allylic oxidation sites excluding steroid dienone is 2. The third-order valence-electron chi connectivity index (χ3n) is 7.72. The fraction of sp³-hybridized carbons (Fsp3) is 0.241. The number of carbonyl (C=O) groups is 4. The standard InChI is InChI=1S/C29H22N2O10/c1-10(2)41-30-9-13-7-12-6-11-4-5-29(21(11)25(36)16(12)28(39)31-13)26(37)19-20(27(29)38)24(35)18-17(23(19)34)14(32)8-15(40-3)22(18)33/h6-10,34-36H,4-5H2,1-3H3,(H,31,39)/b30-9+/t29-/m0/s1. The lowest BCUT2D eigenvalue weighted by atomic mass is 9.76. The summed E-state index contributed by atoms with van der Waals surface area (Å²) in [5.74, 6) is -6.68. The van der Waals surface area contributed by atoms with Gasteiger partial charge in [-0.25, -0.2) is 0 Å². The molecule has 0 saturated carbocycles. The number of benzene rings is 2. The molecular formula is C29H22N2O10. The number of aromatic nitrogens is 1. The van der Waals surface area contributed by atoms with E-state index in [1.165, 1.54) is 6.21 Å². The van der Waals surface area contributed by atoms with Crippen LogP contribution >= 0.6 is 0 Å². The van der Waals surface area contributed by atoms with Crippen LogP contribution in [0.2, 0.25) is 0 Å². The van der Waals surface area contributed by atoms with Crippen LogP contribution in [0.5, 0.6) is 17.2 Å². The summed E-state index contributed by atoms with van der Waals surface area (Å²) in [5.41, 5.74) is -4.81. The molecule has 1 atom stereocenters. The summed E-state index contributed by atoms with van der Waals surface area (Å²) < 4.78 is 4.91. The zero-order valence-corrected chi connectivity index (χ0v) is 21.9. The molecule has 0 bridgehead atoms. The van der Waals surface area contributed by atoms with Crippen molar-refractivity contribution in [3.05, 3.63) is 73.4 Å². The summed E-state index contributed by atoms with van der Waals surface area (Å²) in [6.07, 6.45) is 1.90. The van der Waals surface area contributed by atoms with E-state index in [-0.39, 0.29) is 35.6 Å². The van der Waals surface area contributed by atoms with E-state index in [4.69, 9.17) is 9.57 Å². The number of Topliss-reactive ketones (excluding diaryl/α,β-unsaturated/α-hetero) is 3. The first-order chi connectivity index (χ1) is 19.4. The molecule has 1 heterocycles. The van der Waals surface area contributed by atoms with Crippen LogP contribution in [0, 0.1) is 0 Å². The number of pyridine rings is 1. The molecule has 3 aliphatic rings. The predicted octanol–water partition coefficient (Wildman–Crippen LogP) is 2.58. The van der Waals surface area contributed by atoms with Gasteiger partial charge in [0, 0.05) is 11.6 Å². The number of nitrogens with one attached hydrogen (secondary N) is 1. The minimum absolute atomic E-state index is 0.128. The van der Waals surface area contributed by atoms with E-state index in [0.717, 1.165) is 13.2 Å². The molecule has 0 saturated heterocycles. The van der Waals surface area contributed by atoms with Gasteiger partial charge in [-0.05, 0) is 43.7 Å². The number of oxime groups is 1. The number of rotatable bonds is 4. The second-order valence-corrected chi connectivity index (χ2v) is 10.3. The number of phenols is 3. The Balaban J connectivity index is 1.56. The van der Waals surface area contributed by atoms with Gasteiger partial charge in [0.1, 0.15) is 28.8 Å². The Morgan fingerprint density at radius 1 is 0.951 bits per heavy atom. The number of methoxy groups -OCH3 is 1. The highest BCUT2D eigenvalue weighted by atomic mass is 16.6. The first-order valence-corrected chi connectivity index (χ1v) is 12.6. The topological polar surface area (TPSA) is 193 Å². The molecule has 1 aromatic heterocycles. The number of ether oxygens (including phenoxy) is 1. The second-order valence-electron chi connectivity index (χ2n) is 10.3. The molecule has 0 unspecified atom stereocenters. The monoisotopic (exact) mass is 558 g/mol. The molecule has 0 amide bonds. The quantitative estimate of drug-likeness (QED) is 0.160. The average Bonchev–Trinajstić information content (AvgIpc) is 3.40. The lowest BCUT2D eigenvalue weighted by Crippen LogP contribution is -2.36. The van der Waals surface area contributed by atoms with Crippen molar-refractivity contribution in [2.45, 2.75) is 38.2 Å². The number of nitrogens with zero attached hydrogens (tertiary/aromatic N) is 1. The van der Waals surface area contributed by atoms with Crippen molar-refractivity contribution in [3.63, 3.8) is 0 Å². The first kappa shape index (κ1) is 26.0. The van der Waals surface area contributed by atoms with Crippen LogP contribution < -0.4 is 5.56 Å². The SMILES string of the molecule is COC1=CC(=O)c2c(O)c3c(c(O)c2C1=O)C(=O)[C@]1(CCc2cc4cc(/C=N/OC(C)C)[nH]c(=O)c4c(O)c21)C3=O. The Hall–Kier alpha value is -5.26. The zero-order valence-electron chi connectivity index (χ0n) is 21.9. The van der Waals surface area contributed by atoms with Gasteiger partial charge in [-0.1, -0.05) is 11.2 Å². The van der Waals surface area contributed by atoms with Gasteiger partial charge in [0.05, 0.1) is 46.7 Å². The normalized spacial score (nSPS) is 19.4. The molecule has 3 aromatic rings. The highest BCUT2D eigenvalue weighted by molar-refractivity contribution is 6.38. The van der Waals surface area contributed by atoms with Crippen molar-refractivity contribution in [2.75, 3.05) is 7.11 Å². The van der Waals surface area contributed by atoms with Crippen molar-refractivity contribution in [1.82, 2.24) is 4.98 Å². The van der Waals surface area contributed by atoms with Gasteiger partial charge in [0.2, 0.25) is 5.78 Å². The summed E-state index contributed by atoms with van der Waals surface area (Å²) in [6.45, 7) is 3.55. The summed E-state index contributed by atoms with van der Waals surface area (Å²) >= 11 is 0. The maximum absolute atomic E-state index is 14.0. The Labute approximate surface area is 230 Å². The number of H-pyrrole nitrogens is 1. The second kappa shape index (κ2) is 8.62. The molecule has 208 valence electrons. The number of aromatic amines is 1. The van der Waals surface area contributed by atoms with Gasteiger partial charge >= 0.3 is 0 Å². The maximum Gasteiger partial charge on any atom is 0.260 e. The highest BCUT2D eigenvalue weighted by Gasteiger charge is 2.61. The molecule has 3 aliphatic carbocycles. The Morgan fingerprint density at radius 2 is 1.61 bits per heavy atom. The Bertz CT molecular complexity index is 1910. The number of aromatic hydroxyl groups is 3. The highest BCUT2D eigenvalue weighted by Crippen LogP contribution is 2.57. The van der Waals surface area contributed by atoms with Crippen molar-refractivity contribution < 1.29 is 44.1 Å². The number of hydrogen-bond donors (Lipinski definition) is 4. The van der Waals surface area contributed by atoms with Crippen LogP contribution in [0.15, 0.2) is 33.9 Å². The molecule has 12 heteroatoms. The van der Waals surface area contributed by atoms with Gasteiger partial charge in [-0.2, -0.15) is 0 Å². The van der Waals surface area contributed by atoms with Gasteiger partial charge in [-0.3, -0.25) is 24.0 Å². The van der Waals surface area contributed by atoms with E-state index in [1.54, 1.807) is 26.0 Å². The minimum Gasteiger partial charge on any atom is -0.507 e. The molecule has 1 spiro atoms. The van der Waals surface area contributed by atoms with Crippen LogP contribution in [0.3, 0.4) is 0 Å². The van der Waals surface area contributed by atoms with Gasteiger partial charge in [0.25, 0.3) is 5.56 Å². The smallest absolute Gasteiger partial charge is 0.260 e. The van der Waals surface area contributed by atoms with E-state index < -0.39 is 79.4 Å². The lowest BCUT2D eigenvalue weighted by Gasteiger charge is -2.22. The van der Waals surface area contributed by atoms with Crippen LogP contribution in [-0.4, -0.2) is 62.9 Å². The zero-order chi connectivity index (χ0) is 29.5. The summed E-state index contributed by atoms with van der Waals surface area (Å²) in [6, 6.07) is 3.12. The number of fused-ring (bicyclic) bond motifs is 5. The molecule has 2 aromatic carbocycles. The maximum atomic E-state index is 14.0. The number of phenolic OH excluding ortho intramolecular Hbond substituents is 3. The summed E-state index contributed by atoms with van der Waals surface area (Å²) in [5, 5.41) is 37.5. The van der Waals surface area contributed by atoms with Crippen molar-refractivity contribution >= 4 is 40.1 Å². The summed E-state index contributed by atoms with van der Waals surface area (Å²) in [7, 11) is 1.13. The first-order valence-electron chi connectivity index (χ1n) is 12.6. The molecule has 4 N–H and O–H groups in total. The Morgan fingerprint density at radius 3 is 2.24 bits per heavy atom. The largest absolute Gasteiger partial charge is 0.507 e. The molecule has 0 aliphatic heterocycles. The van der Waals surface area contributed by atoms with E-state index in [9.17, 15) is 39.3 Å². The molecule has 41 heavy (non-hydrogen) atoms. The predicted molar refractivity (Wildman–Crippen MR) is 142 cm³/mol. The van der Waals surface area contributed by atoms with Crippen LogP contribution in [0.25, 0.3) is 10.8 Å². The minimum atomic E-state index is -2.10. The number of hydrogen-bond acceptors (Lipinski definition) is 11. The fourth-order valence-electron chi connectivity index (χ4n) is 6.04. The lowest BCUT2D eigenvalue weighted by molar-refractivity contribution is 0.0790. The molecule has 12 nitrogen and oxygen atoms in total. The van der Waals surface area contributed by atoms with Crippen LogP contribution in [0.1, 0.15) is 78.5 Å². The molecule has 0 fully saturated rings. The Kier molecular flexibility index (Phi) is 5.46. The number of ketones is 4. The van der Waals surface area contributed by atoms with Gasteiger partial charge in [-0.15, -0.1) is 0 Å². The number of carbonyl (C=O) groups excluding carboxylic acids is 4. The van der Waals surface area contributed by atoms with Crippen molar-refractivity contribution in [2.24, 2.45) is 5.16 Å².